The Morgan fingerprint density at radius 3 is 3.00 bits per heavy atom. The van der Waals surface area contributed by atoms with Gasteiger partial charge >= 0.3 is 0 Å². The van der Waals surface area contributed by atoms with Crippen LogP contribution in [0.1, 0.15) is 42.0 Å². The van der Waals surface area contributed by atoms with E-state index in [1.54, 1.807) is 7.11 Å². The van der Waals surface area contributed by atoms with Crippen molar-refractivity contribution in [3.63, 3.8) is 0 Å². The number of aliphatic hydroxyl groups is 1. The molecule has 0 saturated carbocycles. The zero-order valence-corrected chi connectivity index (χ0v) is 12.2. The van der Waals surface area contributed by atoms with E-state index >= 15 is 0 Å². The molecule has 2 aliphatic carbocycles. The molecule has 112 valence electrons. The Morgan fingerprint density at radius 2 is 2.29 bits per heavy atom. The molecule has 0 amide bonds. The first-order valence-corrected chi connectivity index (χ1v) is 7.68. The molecule has 3 N–H and O–H groups in total. The van der Waals surface area contributed by atoms with Crippen molar-refractivity contribution in [2.75, 3.05) is 13.7 Å². The van der Waals surface area contributed by atoms with Crippen LogP contribution in [-0.2, 0) is 11.8 Å². The van der Waals surface area contributed by atoms with Crippen molar-refractivity contribution in [3.8, 4) is 11.5 Å². The van der Waals surface area contributed by atoms with E-state index in [1.165, 1.54) is 11.1 Å². The number of phenolic OH excluding ortho intramolecular Hbond substituents is 1. The summed E-state index contributed by atoms with van der Waals surface area (Å²) in [5, 5.41) is 23.7. The van der Waals surface area contributed by atoms with Gasteiger partial charge in [-0.15, -0.1) is 0 Å². The number of ether oxygens (including phenoxy) is 1. The average molecular weight is 287 g/mol. The summed E-state index contributed by atoms with van der Waals surface area (Å²) < 4.78 is 5.54. The average Bonchev–Trinajstić information content (AvgIpc) is 2.79. The van der Waals surface area contributed by atoms with E-state index in [4.69, 9.17) is 4.74 Å². The predicted molar refractivity (Wildman–Crippen MR) is 79.8 cm³/mol. The molecule has 4 rings (SSSR count). The standard InChI is InChI=1S/C17H21NO3/c1-21-16-13(20)8-10-4-7-18-12-9-17(15(16)14(10)12)5-2-11(19)3-6-17/h2,5,8,11-12,18-20H,3-4,6-7,9H2,1H3/t11-,12-,17+/m1/s1. The first kappa shape index (κ1) is 13.2. The van der Waals surface area contributed by atoms with Crippen LogP contribution in [0.4, 0.5) is 0 Å². The number of nitrogens with one attached hydrogen (secondary N) is 1. The molecule has 0 saturated heterocycles. The number of fused-ring (bicyclic) bond motifs is 1. The van der Waals surface area contributed by atoms with Crippen LogP contribution in [-0.4, -0.2) is 30.0 Å². The van der Waals surface area contributed by atoms with Crippen molar-refractivity contribution in [3.05, 3.63) is 34.9 Å². The third-order valence-electron chi connectivity index (χ3n) is 5.31. The topological polar surface area (TPSA) is 61.7 Å². The number of aliphatic hydroxyl groups excluding tert-OH is 1. The van der Waals surface area contributed by atoms with Crippen molar-refractivity contribution in [2.24, 2.45) is 0 Å². The van der Waals surface area contributed by atoms with Gasteiger partial charge in [0.1, 0.15) is 0 Å². The minimum absolute atomic E-state index is 0.116. The van der Waals surface area contributed by atoms with E-state index in [1.807, 2.05) is 12.1 Å². The van der Waals surface area contributed by atoms with Crippen LogP contribution in [0.3, 0.4) is 0 Å². The molecule has 4 heteroatoms. The number of allylic oxidation sites excluding steroid dienone is 1. The van der Waals surface area contributed by atoms with Gasteiger partial charge in [0.25, 0.3) is 0 Å². The lowest BCUT2D eigenvalue weighted by Gasteiger charge is -2.33. The Bertz CT molecular complexity index is 625. The monoisotopic (exact) mass is 287 g/mol. The molecule has 0 bridgehead atoms. The number of rotatable bonds is 1. The normalized spacial score (nSPS) is 33.2. The molecular formula is C17H21NO3. The number of aromatic hydroxyl groups is 1. The molecule has 4 nitrogen and oxygen atoms in total. The predicted octanol–water partition coefficient (Wildman–Crippen LogP) is 1.94. The maximum atomic E-state index is 10.3. The van der Waals surface area contributed by atoms with Crippen molar-refractivity contribution >= 4 is 0 Å². The van der Waals surface area contributed by atoms with Gasteiger partial charge in [0, 0.05) is 17.0 Å². The van der Waals surface area contributed by atoms with Crippen molar-refractivity contribution in [2.45, 2.75) is 43.2 Å². The molecule has 1 aliphatic heterocycles. The van der Waals surface area contributed by atoms with Crippen LogP contribution in [0.15, 0.2) is 18.2 Å². The fraction of sp³-hybridized carbons (Fsp3) is 0.529. The van der Waals surface area contributed by atoms with Gasteiger partial charge in [-0.05, 0) is 49.4 Å². The first-order valence-electron chi connectivity index (χ1n) is 7.68. The Balaban J connectivity index is 1.97. The molecule has 1 aromatic carbocycles. The second-order valence-electron chi connectivity index (χ2n) is 6.46. The summed E-state index contributed by atoms with van der Waals surface area (Å²) in [4.78, 5) is 0. The van der Waals surface area contributed by atoms with E-state index in [2.05, 4.69) is 11.4 Å². The van der Waals surface area contributed by atoms with Crippen LogP contribution < -0.4 is 10.1 Å². The van der Waals surface area contributed by atoms with Crippen LogP contribution in [0.5, 0.6) is 11.5 Å². The van der Waals surface area contributed by atoms with E-state index in [9.17, 15) is 10.2 Å². The van der Waals surface area contributed by atoms with Crippen LogP contribution >= 0.6 is 0 Å². The quantitative estimate of drug-likeness (QED) is 0.691. The second-order valence-corrected chi connectivity index (χ2v) is 6.46. The maximum absolute atomic E-state index is 10.3. The summed E-state index contributed by atoms with van der Waals surface area (Å²) >= 11 is 0. The van der Waals surface area contributed by atoms with Crippen molar-refractivity contribution in [1.82, 2.24) is 5.32 Å². The first-order chi connectivity index (χ1) is 10.1. The van der Waals surface area contributed by atoms with Gasteiger partial charge in [-0.2, -0.15) is 0 Å². The van der Waals surface area contributed by atoms with Gasteiger partial charge < -0.3 is 20.3 Å². The summed E-state index contributed by atoms with van der Waals surface area (Å²) in [6.45, 7) is 0.950. The van der Waals surface area contributed by atoms with Gasteiger partial charge in [0.15, 0.2) is 11.5 Å². The Morgan fingerprint density at radius 1 is 1.43 bits per heavy atom. The summed E-state index contributed by atoms with van der Waals surface area (Å²) in [5.74, 6) is 0.855. The summed E-state index contributed by atoms with van der Waals surface area (Å²) in [6.07, 6.45) is 7.28. The van der Waals surface area contributed by atoms with Crippen molar-refractivity contribution < 1.29 is 14.9 Å². The van der Waals surface area contributed by atoms with Crippen LogP contribution in [0.25, 0.3) is 0 Å². The smallest absolute Gasteiger partial charge is 0.164 e. The van der Waals surface area contributed by atoms with Gasteiger partial charge in [-0.25, -0.2) is 0 Å². The van der Waals surface area contributed by atoms with E-state index < -0.39 is 0 Å². The van der Waals surface area contributed by atoms with Gasteiger partial charge in [0.2, 0.25) is 0 Å². The molecule has 0 unspecified atom stereocenters. The molecule has 1 spiro atoms. The number of methoxy groups -OCH3 is 1. The van der Waals surface area contributed by atoms with Gasteiger partial charge in [-0.1, -0.05) is 12.2 Å². The molecular weight excluding hydrogens is 266 g/mol. The second kappa shape index (κ2) is 4.49. The van der Waals surface area contributed by atoms with E-state index in [0.717, 1.165) is 37.8 Å². The number of phenols is 1. The fourth-order valence-corrected chi connectivity index (χ4v) is 4.41. The largest absolute Gasteiger partial charge is 0.504 e. The van der Waals surface area contributed by atoms with Gasteiger partial charge in [0.05, 0.1) is 13.2 Å². The molecule has 3 aliphatic rings. The maximum Gasteiger partial charge on any atom is 0.164 e. The zero-order valence-electron chi connectivity index (χ0n) is 12.2. The van der Waals surface area contributed by atoms with Crippen LogP contribution in [0, 0.1) is 0 Å². The molecule has 1 heterocycles. The third-order valence-corrected chi connectivity index (χ3v) is 5.31. The lowest BCUT2D eigenvalue weighted by Crippen LogP contribution is -2.30. The number of hydrogen-bond acceptors (Lipinski definition) is 4. The summed E-state index contributed by atoms with van der Waals surface area (Å²) in [6, 6.07) is 2.20. The molecule has 0 fully saturated rings. The van der Waals surface area contributed by atoms with E-state index in [-0.39, 0.29) is 17.3 Å². The molecule has 0 radical (unpaired) electrons. The molecule has 3 atom stereocenters. The zero-order chi connectivity index (χ0) is 14.6. The Labute approximate surface area is 124 Å². The highest BCUT2D eigenvalue weighted by Gasteiger charge is 2.48. The summed E-state index contributed by atoms with van der Waals surface area (Å²) in [7, 11) is 1.62. The van der Waals surface area contributed by atoms with Crippen LogP contribution in [0.2, 0.25) is 0 Å². The highest BCUT2D eigenvalue weighted by molar-refractivity contribution is 5.63. The third kappa shape index (κ3) is 1.75. The number of benzene rings is 1. The van der Waals surface area contributed by atoms with Crippen molar-refractivity contribution in [1.29, 1.82) is 0 Å². The Hall–Kier alpha value is -1.52. The lowest BCUT2D eigenvalue weighted by molar-refractivity contribution is 0.185. The highest BCUT2D eigenvalue weighted by atomic mass is 16.5. The summed E-state index contributed by atoms with van der Waals surface area (Å²) in [5.41, 5.74) is 3.58. The van der Waals surface area contributed by atoms with E-state index in [0.29, 0.717) is 11.8 Å². The highest BCUT2D eigenvalue weighted by Crippen LogP contribution is 2.57. The minimum Gasteiger partial charge on any atom is -0.504 e. The van der Waals surface area contributed by atoms with Gasteiger partial charge in [-0.3, -0.25) is 0 Å². The number of hydrogen-bond donors (Lipinski definition) is 3. The molecule has 1 aromatic rings. The Kier molecular flexibility index (Phi) is 2.81. The minimum atomic E-state index is -0.348. The lowest BCUT2D eigenvalue weighted by atomic mass is 9.73. The molecule has 0 aromatic heterocycles. The SMILES string of the molecule is COc1c(O)cc2c3c1[C@]1(C=C[C@@H](O)CC1)C[C@H]3NCC2. The molecule has 21 heavy (non-hydrogen) atoms. The fourth-order valence-electron chi connectivity index (χ4n) is 4.41.